The molecule has 1 fully saturated rings. The zero-order valence-corrected chi connectivity index (χ0v) is 15.1. The standard InChI is InChI=1S/C20H24N2O5/c23-20(21-14-17-15-24-10-11-26-17)22-18-8-4-5-9-19(18)27-13-12-25-16-6-2-1-3-7-16/h1-9,17H,10-15H2,(H2,21,22,23)/t17-/m0/s1. The lowest BCUT2D eigenvalue weighted by Gasteiger charge is -2.23. The zero-order chi connectivity index (χ0) is 18.7. The maximum absolute atomic E-state index is 12.1. The molecule has 1 atom stereocenters. The number of anilines is 1. The number of carbonyl (C=O) groups is 1. The van der Waals surface area contributed by atoms with E-state index in [4.69, 9.17) is 18.9 Å². The normalized spacial score (nSPS) is 16.4. The van der Waals surface area contributed by atoms with Crippen LogP contribution in [-0.4, -0.2) is 51.7 Å². The molecule has 0 radical (unpaired) electrons. The summed E-state index contributed by atoms with van der Waals surface area (Å²) in [6.45, 7) is 2.80. The first-order chi connectivity index (χ1) is 13.3. The van der Waals surface area contributed by atoms with Crippen LogP contribution in [0.5, 0.6) is 11.5 Å². The van der Waals surface area contributed by atoms with E-state index in [1.54, 1.807) is 12.1 Å². The number of nitrogens with one attached hydrogen (secondary N) is 2. The molecule has 1 heterocycles. The molecule has 0 bridgehead atoms. The van der Waals surface area contributed by atoms with Gasteiger partial charge in [-0.3, -0.25) is 0 Å². The summed E-state index contributed by atoms with van der Waals surface area (Å²) < 4.78 is 22.2. The van der Waals surface area contributed by atoms with Crippen molar-refractivity contribution in [2.75, 3.05) is 44.9 Å². The van der Waals surface area contributed by atoms with Crippen LogP contribution >= 0.6 is 0 Å². The highest BCUT2D eigenvalue weighted by molar-refractivity contribution is 5.90. The van der Waals surface area contributed by atoms with Gasteiger partial charge >= 0.3 is 6.03 Å². The van der Waals surface area contributed by atoms with E-state index in [0.29, 0.717) is 51.0 Å². The Bertz CT molecular complexity index is 705. The number of rotatable bonds is 8. The monoisotopic (exact) mass is 372 g/mol. The van der Waals surface area contributed by atoms with Crippen molar-refractivity contribution >= 4 is 11.7 Å². The van der Waals surface area contributed by atoms with Crippen LogP contribution in [0.4, 0.5) is 10.5 Å². The molecular formula is C20H24N2O5. The number of ether oxygens (including phenoxy) is 4. The lowest BCUT2D eigenvalue weighted by atomic mass is 10.3. The van der Waals surface area contributed by atoms with Crippen molar-refractivity contribution in [3.8, 4) is 11.5 Å². The van der Waals surface area contributed by atoms with Gasteiger partial charge in [-0.1, -0.05) is 30.3 Å². The van der Waals surface area contributed by atoms with Crippen molar-refractivity contribution in [3.63, 3.8) is 0 Å². The minimum absolute atomic E-state index is 0.119. The lowest BCUT2D eigenvalue weighted by Crippen LogP contribution is -2.41. The maximum Gasteiger partial charge on any atom is 0.319 e. The average Bonchev–Trinajstić information content (AvgIpc) is 2.72. The topological polar surface area (TPSA) is 78.1 Å². The van der Waals surface area contributed by atoms with E-state index < -0.39 is 0 Å². The summed E-state index contributed by atoms with van der Waals surface area (Å²) in [5.74, 6) is 1.38. The van der Waals surface area contributed by atoms with Gasteiger partial charge in [-0.25, -0.2) is 4.79 Å². The minimum Gasteiger partial charge on any atom is -0.490 e. The van der Waals surface area contributed by atoms with Gasteiger partial charge in [0.05, 0.1) is 31.6 Å². The van der Waals surface area contributed by atoms with E-state index in [2.05, 4.69) is 10.6 Å². The molecule has 2 aromatic rings. The first-order valence-electron chi connectivity index (χ1n) is 8.95. The van der Waals surface area contributed by atoms with Gasteiger partial charge in [0.2, 0.25) is 0 Å². The van der Waals surface area contributed by atoms with Crippen LogP contribution in [0.1, 0.15) is 0 Å². The molecule has 1 saturated heterocycles. The van der Waals surface area contributed by atoms with E-state index in [9.17, 15) is 4.79 Å². The summed E-state index contributed by atoms with van der Waals surface area (Å²) in [7, 11) is 0. The minimum atomic E-state index is -0.319. The highest BCUT2D eigenvalue weighted by Crippen LogP contribution is 2.23. The Morgan fingerprint density at radius 1 is 1.00 bits per heavy atom. The number of para-hydroxylation sites is 3. The van der Waals surface area contributed by atoms with Gasteiger partial charge in [0.15, 0.2) is 0 Å². The second-order valence-electron chi connectivity index (χ2n) is 5.91. The number of amides is 2. The first kappa shape index (κ1) is 19.0. The Morgan fingerprint density at radius 3 is 2.59 bits per heavy atom. The highest BCUT2D eigenvalue weighted by Gasteiger charge is 2.15. The van der Waals surface area contributed by atoms with Crippen LogP contribution in [0.25, 0.3) is 0 Å². The number of benzene rings is 2. The third-order valence-corrected chi connectivity index (χ3v) is 3.86. The number of hydrogen-bond donors (Lipinski definition) is 2. The predicted octanol–water partition coefficient (Wildman–Crippen LogP) is 2.68. The third-order valence-electron chi connectivity index (χ3n) is 3.86. The molecule has 2 amide bonds. The summed E-state index contributed by atoms with van der Waals surface area (Å²) >= 11 is 0. The molecule has 2 N–H and O–H groups in total. The Morgan fingerprint density at radius 2 is 1.78 bits per heavy atom. The second-order valence-corrected chi connectivity index (χ2v) is 5.91. The lowest BCUT2D eigenvalue weighted by molar-refractivity contribution is -0.0852. The van der Waals surface area contributed by atoms with Gasteiger partial charge in [0.1, 0.15) is 24.7 Å². The molecule has 0 aliphatic carbocycles. The maximum atomic E-state index is 12.1. The van der Waals surface area contributed by atoms with E-state index in [1.165, 1.54) is 0 Å². The van der Waals surface area contributed by atoms with Gasteiger partial charge in [0, 0.05) is 6.54 Å². The van der Waals surface area contributed by atoms with Crippen LogP contribution in [0.3, 0.4) is 0 Å². The molecule has 0 aromatic heterocycles. The molecular weight excluding hydrogens is 348 g/mol. The third kappa shape index (κ3) is 6.47. The van der Waals surface area contributed by atoms with E-state index >= 15 is 0 Å². The van der Waals surface area contributed by atoms with E-state index in [1.807, 2.05) is 42.5 Å². The molecule has 1 aliphatic heterocycles. The molecule has 7 heteroatoms. The molecule has 0 spiro atoms. The molecule has 0 saturated carbocycles. The summed E-state index contributed by atoms with van der Waals surface area (Å²) in [6.07, 6.45) is -0.119. The molecule has 144 valence electrons. The van der Waals surface area contributed by atoms with Crippen molar-refractivity contribution in [1.29, 1.82) is 0 Å². The number of hydrogen-bond acceptors (Lipinski definition) is 5. The van der Waals surface area contributed by atoms with Crippen LogP contribution in [0.15, 0.2) is 54.6 Å². The van der Waals surface area contributed by atoms with Crippen molar-refractivity contribution in [2.24, 2.45) is 0 Å². The summed E-state index contributed by atoms with van der Waals surface area (Å²) in [5.41, 5.74) is 0.593. The zero-order valence-electron chi connectivity index (χ0n) is 15.1. The molecule has 27 heavy (non-hydrogen) atoms. The van der Waals surface area contributed by atoms with Gasteiger partial charge in [-0.15, -0.1) is 0 Å². The van der Waals surface area contributed by atoms with Gasteiger partial charge in [0.25, 0.3) is 0 Å². The van der Waals surface area contributed by atoms with Crippen LogP contribution in [0, 0.1) is 0 Å². The van der Waals surface area contributed by atoms with Crippen LogP contribution in [0.2, 0.25) is 0 Å². The van der Waals surface area contributed by atoms with Crippen molar-refractivity contribution < 1.29 is 23.7 Å². The predicted molar refractivity (Wildman–Crippen MR) is 101 cm³/mol. The van der Waals surface area contributed by atoms with Crippen molar-refractivity contribution in [3.05, 3.63) is 54.6 Å². The Labute approximate surface area is 158 Å². The number of carbonyl (C=O) groups excluding carboxylic acids is 1. The molecule has 2 aromatic carbocycles. The quantitative estimate of drug-likeness (QED) is 0.697. The molecule has 7 nitrogen and oxygen atoms in total. The summed E-state index contributed by atoms with van der Waals surface area (Å²) in [6, 6.07) is 16.5. The fourth-order valence-corrected chi connectivity index (χ4v) is 2.55. The highest BCUT2D eigenvalue weighted by atomic mass is 16.6. The number of urea groups is 1. The first-order valence-corrected chi connectivity index (χ1v) is 8.95. The summed E-state index contributed by atoms with van der Waals surface area (Å²) in [4.78, 5) is 12.1. The van der Waals surface area contributed by atoms with Crippen molar-refractivity contribution in [1.82, 2.24) is 5.32 Å². The SMILES string of the molecule is O=C(NC[C@H]1COCCO1)Nc1ccccc1OCCOc1ccccc1. The van der Waals surface area contributed by atoms with Crippen LogP contribution in [-0.2, 0) is 9.47 Å². The fourth-order valence-electron chi connectivity index (χ4n) is 2.55. The van der Waals surface area contributed by atoms with Gasteiger partial charge in [-0.05, 0) is 24.3 Å². The molecule has 0 unspecified atom stereocenters. The molecule has 3 rings (SSSR count). The Hall–Kier alpha value is -2.77. The smallest absolute Gasteiger partial charge is 0.319 e. The fraction of sp³-hybridized carbons (Fsp3) is 0.350. The van der Waals surface area contributed by atoms with Crippen molar-refractivity contribution in [2.45, 2.75) is 6.10 Å². The van der Waals surface area contributed by atoms with Gasteiger partial charge < -0.3 is 29.6 Å². The Balaban J connectivity index is 1.43. The van der Waals surface area contributed by atoms with Crippen LogP contribution < -0.4 is 20.1 Å². The summed E-state index contributed by atoms with van der Waals surface area (Å²) in [5, 5.41) is 5.58. The van der Waals surface area contributed by atoms with E-state index in [-0.39, 0.29) is 12.1 Å². The molecule has 1 aliphatic rings. The second kappa shape index (κ2) is 10.4. The largest absolute Gasteiger partial charge is 0.490 e. The Kier molecular flexibility index (Phi) is 7.32. The van der Waals surface area contributed by atoms with Gasteiger partial charge in [-0.2, -0.15) is 0 Å². The average molecular weight is 372 g/mol. The van der Waals surface area contributed by atoms with E-state index in [0.717, 1.165) is 5.75 Å².